The Balaban J connectivity index is 2.24. The molecule has 0 saturated heterocycles. The minimum atomic E-state index is -2.86. The molecule has 0 aliphatic carbocycles. The minimum Gasteiger partial charge on any atom is -0.477 e. The van der Waals surface area contributed by atoms with E-state index in [4.69, 9.17) is 19.0 Å². The monoisotopic (exact) mass is 526 g/mol. The van der Waals surface area contributed by atoms with Crippen molar-refractivity contribution in [3.8, 4) is 6.07 Å². The molecular weight excluding hydrogens is 499 g/mol. The fourth-order valence-corrected chi connectivity index (χ4v) is 7.85. The maximum Gasteiger partial charge on any atom is 0.344 e. The maximum atomic E-state index is 13.3. The van der Waals surface area contributed by atoms with Crippen LogP contribution in [0.2, 0.25) is 0 Å². The summed E-state index contributed by atoms with van der Waals surface area (Å²) in [6, 6.07) is 31.5. The number of esters is 2. The summed E-state index contributed by atoms with van der Waals surface area (Å²) in [7, 11) is -0.451. The van der Waals surface area contributed by atoms with Crippen molar-refractivity contribution in [2.45, 2.75) is 12.8 Å². The number of carbonyl (C=O) groups excluding carboxylic acids is 2. The lowest BCUT2D eigenvalue weighted by atomic mass is 9.96. The van der Waals surface area contributed by atoms with E-state index in [1.165, 1.54) is 14.2 Å². The first-order valence-corrected chi connectivity index (χ1v) is 13.8. The number of rotatable bonds is 6. The molecule has 1 aliphatic rings. The Hall–Kier alpha value is -4.40. The van der Waals surface area contributed by atoms with Crippen molar-refractivity contribution in [2.24, 2.45) is 4.74 Å². The lowest BCUT2D eigenvalue weighted by molar-refractivity contribution is -0.140. The van der Waals surface area contributed by atoms with E-state index in [1.54, 1.807) is 0 Å². The number of ether oxygens (including phenoxy) is 3. The third-order valence-electron chi connectivity index (χ3n) is 6.12. The van der Waals surface area contributed by atoms with Crippen molar-refractivity contribution < 1.29 is 23.8 Å². The van der Waals surface area contributed by atoms with Crippen LogP contribution in [0.25, 0.3) is 0 Å². The lowest BCUT2D eigenvalue weighted by Crippen LogP contribution is -2.26. The quantitative estimate of drug-likeness (QED) is 0.350. The second-order valence-corrected chi connectivity index (χ2v) is 11.3. The molecule has 0 bridgehead atoms. The van der Waals surface area contributed by atoms with Gasteiger partial charge in [-0.25, -0.2) is 14.3 Å². The van der Waals surface area contributed by atoms with E-state index in [0.29, 0.717) is 6.42 Å². The molecule has 0 radical (unpaired) electrons. The second kappa shape index (κ2) is 12.2. The van der Waals surface area contributed by atoms with Crippen LogP contribution in [0.3, 0.4) is 0 Å². The Morgan fingerprint density at radius 3 is 1.66 bits per heavy atom. The molecule has 1 heterocycles. The molecule has 8 heteroatoms. The zero-order valence-electron chi connectivity index (χ0n) is 21.2. The van der Waals surface area contributed by atoms with Gasteiger partial charge in [0.25, 0.3) is 0 Å². The molecule has 0 N–H and O–H groups in total. The van der Waals surface area contributed by atoms with E-state index < -0.39 is 19.0 Å². The standard InChI is InChI=1S/C30H27N2O5P/c1-35-29(33)26-22(21-31)13-12-20-37-28(27(26)30(34)36-2)32-38(23-14-6-3-7-15-23,24-16-8-4-9-17-24)25-18-10-5-11-19-25/h3-11,14-19H,12-13,20H2,1-2H3/b26-22-,28-27+. The van der Waals surface area contributed by atoms with Crippen molar-refractivity contribution in [2.75, 3.05) is 20.8 Å². The number of allylic oxidation sites excluding steroid dienone is 1. The van der Waals surface area contributed by atoms with E-state index in [9.17, 15) is 14.9 Å². The highest BCUT2D eigenvalue weighted by molar-refractivity contribution is 7.87. The molecule has 0 spiro atoms. The smallest absolute Gasteiger partial charge is 0.344 e. The lowest BCUT2D eigenvalue weighted by Gasteiger charge is -2.28. The first kappa shape index (κ1) is 26.7. The number of benzene rings is 3. The Morgan fingerprint density at radius 2 is 1.24 bits per heavy atom. The van der Waals surface area contributed by atoms with E-state index in [-0.39, 0.29) is 35.6 Å². The molecule has 0 saturated carbocycles. The fraction of sp³-hybridized carbons (Fsp3) is 0.167. The van der Waals surface area contributed by atoms with Gasteiger partial charge >= 0.3 is 11.9 Å². The van der Waals surface area contributed by atoms with Gasteiger partial charge in [-0.05, 0) is 12.8 Å². The van der Waals surface area contributed by atoms with Gasteiger partial charge in [-0.1, -0.05) is 91.0 Å². The fourth-order valence-electron chi connectivity index (χ4n) is 4.37. The topological polar surface area (TPSA) is 98.0 Å². The van der Waals surface area contributed by atoms with Crippen LogP contribution in [-0.4, -0.2) is 32.8 Å². The van der Waals surface area contributed by atoms with Crippen LogP contribution in [0, 0.1) is 11.3 Å². The maximum absolute atomic E-state index is 13.3. The molecule has 4 rings (SSSR count). The summed E-state index contributed by atoms with van der Waals surface area (Å²) >= 11 is 0. The van der Waals surface area contributed by atoms with Crippen LogP contribution in [0.1, 0.15) is 12.8 Å². The third-order valence-corrected chi connectivity index (χ3v) is 9.74. The van der Waals surface area contributed by atoms with Gasteiger partial charge in [-0.15, -0.1) is 0 Å². The van der Waals surface area contributed by atoms with Crippen LogP contribution >= 0.6 is 7.05 Å². The minimum absolute atomic E-state index is 0.0606. The zero-order valence-corrected chi connectivity index (χ0v) is 22.1. The van der Waals surface area contributed by atoms with Crippen molar-refractivity contribution in [3.63, 3.8) is 0 Å². The molecular formula is C30H27N2O5P. The number of nitrogens with zero attached hydrogens (tertiary/aromatic N) is 2. The third kappa shape index (κ3) is 5.18. The molecule has 7 nitrogen and oxygen atoms in total. The van der Waals surface area contributed by atoms with Gasteiger partial charge in [0, 0.05) is 21.5 Å². The van der Waals surface area contributed by atoms with Crippen molar-refractivity contribution in [1.82, 2.24) is 0 Å². The first-order valence-electron chi connectivity index (χ1n) is 12.0. The molecule has 38 heavy (non-hydrogen) atoms. The van der Waals surface area contributed by atoms with E-state index in [0.717, 1.165) is 15.9 Å². The van der Waals surface area contributed by atoms with Crippen molar-refractivity contribution in [1.29, 1.82) is 5.26 Å². The Morgan fingerprint density at radius 1 is 0.789 bits per heavy atom. The molecule has 192 valence electrons. The van der Waals surface area contributed by atoms with Crippen LogP contribution in [0.4, 0.5) is 0 Å². The highest BCUT2D eigenvalue weighted by Crippen LogP contribution is 2.49. The summed E-state index contributed by atoms with van der Waals surface area (Å²) in [5, 5.41) is 12.7. The second-order valence-electron chi connectivity index (χ2n) is 8.32. The largest absolute Gasteiger partial charge is 0.477 e. The van der Waals surface area contributed by atoms with Crippen LogP contribution in [0.5, 0.6) is 0 Å². The van der Waals surface area contributed by atoms with Crippen LogP contribution in [0.15, 0.2) is 118 Å². The summed E-state index contributed by atoms with van der Waals surface area (Å²) in [5.74, 6) is -1.73. The molecule has 0 amide bonds. The molecule has 3 aromatic rings. The van der Waals surface area contributed by atoms with Gasteiger partial charge < -0.3 is 14.2 Å². The Bertz CT molecular complexity index is 1370. The summed E-state index contributed by atoms with van der Waals surface area (Å²) in [4.78, 5) is 26.3. The number of hydrogen-bond acceptors (Lipinski definition) is 7. The van der Waals surface area contributed by atoms with Gasteiger partial charge in [0.1, 0.15) is 5.57 Å². The summed E-state index contributed by atoms with van der Waals surface area (Å²) in [5.41, 5.74) is -0.285. The van der Waals surface area contributed by atoms with Gasteiger partial charge in [0.05, 0.1) is 39.5 Å². The molecule has 0 aromatic heterocycles. The summed E-state index contributed by atoms with van der Waals surface area (Å²) in [6.45, 7) is 0.192. The van der Waals surface area contributed by atoms with Gasteiger partial charge in [0.15, 0.2) is 0 Å². The average molecular weight is 527 g/mol. The van der Waals surface area contributed by atoms with Gasteiger partial charge in [-0.3, -0.25) is 0 Å². The highest BCUT2D eigenvalue weighted by atomic mass is 31.2. The molecule has 0 unspecified atom stereocenters. The Labute approximate surface area is 222 Å². The van der Waals surface area contributed by atoms with Crippen LogP contribution in [-0.2, 0) is 23.8 Å². The zero-order chi connectivity index (χ0) is 27.0. The SMILES string of the molecule is COC(=O)C1=C(\C#N)CCCO/C(N=P(c2ccccc2)(c2ccccc2)c2ccccc2)=C\1C(=O)OC. The first-order chi connectivity index (χ1) is 18.6. The molecule has 0 atom stereocenters. The Kier molecular flexibility index (Phi) is 8.58. The van der Waals surface area contributed by atoms with Gasteiger partial charge in [-0.2, -0.15) is 5.26 Å². The molecule has 0 fully saturated rings. The molecule has 3 aromatic carbocycles. The highest BCUT2D eigenvalue weighted by Gasteiger charge is 2.35. The number of methoxy groups -OCH3 is 2. The predicted molar refractivity (Wildman–Crippen MR) is 146 cm³/mol. The number of carbonyl (C=O) groups is 2. The summed E-state index contributed by atoms with van der Waals surface area (Å²) in [6.07, 6.45) is 0.690. The predicted octanol–water partition coefficient (Wildman–Crippen LogP) is 4.35. The van der Waals surface area contributed by atoms with Crippen LogP contribution < -0.4 is 15.9 Å². The van der Waals surface area contributed by atoms with E-state index >= 15 is 0 Å². The number of hydrogen-bond donors (Lipinski definition) is 0. The normalized spacial score (nSPS) is 17.7. The van der Waals surface area contributed by atoms with E-state index in [2.05, 4.69) is 6.07 Å². The van der Waals surface area contributed by atoms with E-state index in [1.807, 2.05) is 91.0 Å². The van der Waals surface area contributed by atoms with Gasteiger partial charge in [0.2, 0.25) is 5.88 Å². The van der Waals surface area contributed by atoms with Crippen molar-refractivity contribution in [3.05, 3.63) is 114 Å². The molecule has 1 aliphatic heterocycles. The number of nitriles is 1. The average Bonchev–Trinajstić information content (AvgIpc) is 2.97. The summed E-state index contributed by atoms with van der Waals surface area (Å²) < 4.78 is 21.5. The van der Waals surface area contributed by atoms with Crippen molar-refractivity contribution >= 4 is 34.9 Å².